The second-order valence-electron chi connectivity index (χ2n) is 7.51. The summed E-state index contributed by atoms with van der Waals surface area (Å²) in [6.45, 7) is 0. The van der Waals surface area contributed by atoms with E-state index in [0.29, 0.717) is 5.95 Å². The van der Waals surface area contributed by atoms with Crippen molar-refractivity contribution in [1.29, 1.82) is 0 Å². The number of para-hydroxylation sites is 2. The van der Waals surface area contributed by atoms with Crippen molar-refractivity contribution in [1.82, 2.24) is 14.5 Å². The second-order valence-corrected chi connectivity index (χ2v) is 7.51. The number of hydrogen-bond acceptors (Lipinski definition) is 3. The molecular weight excluding hydrogens is 381 g/mol. The molecule has 5 heteroatoms. The third-order valence-electron chi connectivity index (χ3n) is 5.68. The third-order valence-corrected chi connectivity index (χ3v) is 5.68. The maximum Gasteiger partial charge on any atom is 0.326 e. The van der Waals surface area contributed by atoms with Crippen molar-refractivity contribution in [3.05, 3.63) is 97.1 Å². The number of fused-ring (bicyclic) bond motifs is 4. The average Bonchev–Trinajstić information content (AvgIpc) is 3.17. The molecule has 0 fully saturated rings. The zero-order valence-corrected chi connectivity index (χ0v) is 16.6. The molecule has 31 heavy (non-hydrogen) atoms. The Bertz CT molecular complexity index is 1570. The number of benzene rings is 4. The molecule has 0 spiro atoms. The van der Waals surface area contributed by atoms with E-state index in [1.807, 2.05) is 66.7 Å². The highest BCUT2D eigenvalue weighted by Crippen LogP contribution is 2.32. The molecule has 2 aromatic heterocycles. The average molecular weight is 398 g/mol. The lowest BCUT2D eigenvalue weighted by Crippen LogP contribution is -2.12. The SMILES string of the molecule is O[B]c1ccc2c(c1)c1ccccc1n2-c1nc(-c2ccccc2)c2ccccc2n1. The summed E-state index contributed by atoms with van der Waals surface area (Å²) < 4.78 is 2.10. The minimum absolute atomic E-state index is 0.629. The molecule has 2 heterocycles. The minimum atomic E-state index is 0.629. The Kier molecular flexibility index (Phi) is 4.08. The van der Waals surface area contributed by atoms with Crippen LogP contribution in [0.1, 0.15) is 0 Å². The maximum absolute atomic E-state index is 9.52. The molecule has 0 aliphatic rings. The molecule has 0 unspecified atom stereocenters. The van der Waals surface area contributed by atoms with Crippen LogP contribution in [0.15, 0.2) is 97.1 Å². The summed E-state index contributed by atoms with van der Waals surface area (Å²) >= 11 is 0. The summed E-state index contributed by atoms with van der Waals surface area (Å²) in [5, 5.41) is 12.7. The van der Waals surface area contributed by atoms with Gasteiger partial charge in [0.25, 0.3) is 0 Å². The zero-order valence-electron chi connectivity index (χ0n) is 16.6. The molecule has 0 saturated heterocycles. The predicted octanol–water partition coefficient (Wildman–Crippen LogP) is 4.63. The van der Waals surface area contributed by atoms with Crippen LogP contribution in [0.2, 0.25) is 0 Å². The largest absolute Gasteiger partial charge is 0.450 e. The predicted molar refractivity (Wildman–Crippen MR) is 127 cm³/mol. The van der Waals surface area contributed by atoms with Crippen LogP contribution < -0.4 is 5.46 Å². The smallest absolute Gasteiger partial charge is 0.326 e. The van der Waals surface area contributed by atoms with Crippen molar-refractivity contribution in [2.45, 2.75) is 0 Å². The van der Waals surface area contributed by atoms with Gasteiger partial charge in [-0.1, -0.05) is 84.3 Å². The van der Waals surface area contributed by atoms with Crippen LogP contribution in [-0.4, -0.2) is 27.0 Å². The highest BCUT2D eigenvalue weighted by atomic mass is 16.2. The highest BCUT2D eigenvalue weighted by molar-refractivity contribution is 6.46. The first-order valence-electron chi connectivity index (χ1n) is 10.2. The van der Waals surface area contributed by atoms with Crippen molar-refractivity contribution < 1.29 is 5.02 Å². The molecule has 1 radical (unpaired) electrons. The van der Waals surface area contributed by atoms with Gasteiger partial charge in [0, 0.05) is 21.7 Å². The fourth-order valence-corrected chi connectivity index (χ4v) is 4.27. The molecule has 6 aromatic rings. The first-order valence-corrected chi connectivity index (χ1v) is 10.2. The van der Waals surface area contributed by atoms with Gasteiger partial charge in [-0.2, -0.15) is 0 Å². The molecule has 4 aromatic carbocycles. The van der Waals surface area contributed by atoms with Crippen LogP contribution in [0.25, 0.3) is 49.9 Å². The van der Waals surface area contributed by atoms with Gasteiger partial charge in [-0.25, -0.2) is 9.97 Å². The Morgan fingerprint density at radius 1 is 0.645 bits per heavy atom. The molecule has 0 atom stereocenters. The van der Waals surface area contributed by atoms with E-state index in [0.717, 1.165) is 56.9 Å². The molecule has 0 bridgehead atoms. The van der Waals surface area contributed by atoms with Gasteiger partial charge < -0.3 is 5.02 Å². The van der Waals surface area contributed by atoms with Crippen LogP contribution in [0.4, 0.5) is 0 Å². The summed E-state index contributed by atoms with van der Waals surface area (Å²) in [4.78, 5) is 9.99. The molecule has 4 nitrogen and oxygen atoms in total. The Morgan fingerprint density at radius 2 is 1.35 bits per heavy atom. The summed E-state index contributed by atoms with van der Waals surface area (Å²) in [6.07, 6.45) is 0. The molecule has 0 saturated carbocycles. The highest BCUT2D eigenvalue weighted by Gasteiger charge is 2.17. The van der Waals surface area contributed by atoms with Gasteiger partial charge in [-0.3, -0.25) is 4.57 Å². The van der Waals surface area contributed by atoms with E-state index in [1.54, 1.807) is 0 Å². The molecule has 0 aliphatic heterocycles. The standard InChI is InChI=1S/C26H17BN3O/c31-27-18-14-15-24-21(16-18)19-10-5-7-13-23(19)30(24)26-28-22-12-6-4-11-20(22)25(29-26)17-8-2-1-3-9-17/h1-16,31H. The van der Waals surface area contributed by atoms with Crippen molar-refractivity contribution in [3.8, 4) is 17.2 Å². The topological polar surface area (TPSA) is 50.9 Å². The van der Waals surface area contributed by atoms with Crippen LogP contribution in [-0.2, 0) is 0 Å². The van der Waals surface area contributed by atoms with E-state index in [-0.39, 0.29) is 0 Å². The van der Waals surface area contributed by atoms with Crippen molar-refractivity contribution in [3.63, 3.8) is 0 Å². The van der Waals surface area contributed by atoms with Gasteiger partial charge in [-0.15, -0.1) is 0 Å². The summed E-state index contributed by atoms with van der Waals surface area (Å²) in [5.74, 6) is 0.629. The van der Waals surface area contributed by atoms with Crippen LogP contribution in [0.5, 0.6) is 0 Å². The van der Waals surface area contributed by atoms with Gasteiger partial charge in [0.05, 0.1) is 22.2 Å². The van der Waals surface area contributed by atoms with Gasteiger partial charge >= 0.3 is 7.48 Å². The molecule has 0 amide bonds. The van der Waals surface area contributed by atoms with Gasteiger partial charge in [0.2, 0.25) is 5.95 Å². The van der Waals surface area contributed by atoms with Crippen molar-refractivity contribution in [2.24, 2.45) is 0 Å². The quantitative estimate of drug-likeness (QED) is 0.442. The first-order chi connectivity index (χ1) is 15.3. The lowest BCUT2D eigenvalue weighted by atomic mass is 9.88. The fourth-order valence-electron chi connectivity index (χ4n) is 4.27. The third kappa shape index (κ3) is 2.82. The van der Waals surface area contributed by atoms with E-state index in [4.69, 9.17) is 9.97 Å². The molecule has 1 N–H and O–H groups in total. The fraction of sp³-hybridized carbons (Fsp3) is 0. The number of nitrogens with zero attached hydrogens (tertiary/aromatic N) is 3. The van der Waals surface area contributed by atoms with Crippen molar-refractivity contribution in [2.75, 3.05) is 0 Å². The lowest BCUT2D eigenvalue weighted by Gasteiger charge is -2.11. The second kappa shape index (κ2) is 7.08. The minimum Gasteiger partial charge on any atom is -0.450 e. The van der Waals surface area contributed by atoms with Gasteiger partial charge in [-0.05, 0) is 18.2 Å². The zero-order chi connectivity index (χ0) is 20.8. The Balaban J connectivity index is 1.73. The monoisotopic (exact) mass is 398 g/mol. The number of rotatable bonds is 3. The van der Waals surface area contributed by atoms with Gasteiger partial charge in [0.15, 0.2) is 0 Å². The molecular formula is C26H17BN3O. The van der Waals surface area contributed by atoms with Gasteiger partial charge in [0.1, 0.15) is 0 Å². The van der Waals surface area contributed by atoms with Crippen LogP contribution >= 0.6 is 0 Å². The number of hydrogen-bond donors (Lipinski definition) is 1. The van der Waals surface area contributed by atoms with Crippen molar-refractivity contribution >= 4 is 45.7 Å². The molecule has 6 rings (SSSR count). The summed E-state index contributed by atoms with van der Waals surface area (Å²) in [7, 11) is 1.13. The van der Waals surface area contributed by atoms with E-state index >= 15 is 0 Å². The number of aromatic nitrogens is 3. The van der Waals surface area contributed by atoms with Crippen LogP contribution in [0.3, 0.4) is 0 Å². The first kappa shape index (κ1) is 17.9. The van der Waals surface area contributed by atoms with E-state index in [1.165, 1.54) is 0 Å². The Hall–Kier alpha value is -3.96. The lowest BCUT2D eigenvalue weighted by molar-refractivity contribution is 0.615. The Morgan fingerprint density at radius 3 is 2.19 bits per heavy atom. The maximum atomic E-state index is 9.52. The summed E-state index contributed by atoms with van der Waals surface area (Å²) in [6, 6.07) is 32.5. The van der Waals surface area contributed by atoms with E-state index < -0.39 is 0 Å². The molecule has 145 valence electrons. The summed E-state index contributed by atoms with van der Waals surface area (Å²) in [5.41, 5.74) is 5.66. The Labute approximate surface area is 179 Å². The normalized spacial score (nSPS) is 11.4. The van der Waals surface area contributed by atoms with E-state index in [9.17, 15) is 5.02 Å². The van der Waals surface area contributed by atoms with E-state index in [2.05, 4.69) is 34.9 Å². The molecule has 0 aliphatic carbocycles. The van der Waals surface area contributed by atoms with Crippen LogP contribution in [0, 0.1) is 0 Å².